The van der Waals surface area contributed by atoms with Crippen molar-refractivity contribution in [1.82, 2.24) is 14.9 Å². The molecule has 6 nitrogen and oxygen atoms in total. The Hall–Kier alpha value is -1.40. The quantitative estimate of drug-likeness (QED) is 0.890. The Bertz CT molecular complexity index is 576. The van der Waals surface area contributed by atoms with Crippen LogP contribution in [0.2, 0.25) is 0 Å². The summed E-state index contributed by atoms with van der Waals surface area (Å²) < 4.78 is 6.27. The van der Waals surface area contributed by atoms with Gasteiger partial charge >= 0.3 is 0 Å². The van der Waals surface area contributed by atoms with E-state index in [9.17, 15) is 0 Å². The summed E-state index contributed by atoms with van der Waals surface area (Å²) in [5.74, 6) is 2.82. The minimum Gasteiger partial charge on any atom is -0.373 e. The molecule has 1 aromatic heterocycles. The first-order valence-electron chi connectivity index (χ1n) is 9.24. The smallest absolute Gasteiger partial charge is 0.133 e. The van der Waals surface area contributed by atoms with Gasteiger partial charge in [-0.25, -0.2) is 9.97 Å². The van der Waals surface area contributed by atoms with Crippen LogP contribution in [-0.4, -0.2) is 66.8 Å². The van der Waals surface area contributed by atoms with Gasteiger partial charge in [0.25, 0.3) is 0 Å². The lowest BCUT2D eigenvalue weighted by atomic mass is 9.89. The molecule has 24 heavy (non-hydrogen) atoms. The zero-order valence-corrected chi connectivity index (χ0v) is 14.9. The van der Waals surface area contributed by atoms with Crippen molar-refractivity contribution in [3.8, 4) is 0 Å². The Morgan fingerprint density at radius 3 is 3.00 bits per heavy atom. The van der Waals surface area contributed by atoms with Crippen LogP contribution in [0.25, 0.3) is 0 Å². The van der Waals surface area contributed by atoms with Crippen molar-refractivity contribution in [2.45, 2.75) is 43.7 Å². The van der Waals surface area contributed by atoms with Crippen molar-refractivity contribution in [3.05, 3.63) is 12.4 Å². The summed E-state index contributed by atoms with van der Waals surface area (Å²) in [6.07, 6.45) is 7.79. The molecular weight excluding hydrogens is 302 g/mol. The van der Waals surface area contributed by atoms with Crippen LogP contribution in [0.15, 0.2) is 12.4 Å². The SMILES string of the molecule is CN(C)c1cc(N[C@H]2CCO[C@]3(CCN(CC4CC4)C3)C2)ncn1. The maximum Gasteiger partial charge on any atom is 0.133 e. The second-order valence-electron chi connectivity index (χ2n) is 7.95. The Balaban J connectivity index is 1.37. The highest BCUT2D eigenvalue weighted by Crippen LogP contribution is 2.38. The van der Waals surface area contributed by atoms with Crippen molar-refractivity contribution < 1.29 is 4.74 Å². The van der Waals surface area contributed by atoms with Gasteiger partial charge in [-0.1, -0.05) is 0 Å². The largest absolute Gasteiger partial charge is 0.373 e. The standard InChI is InChI=1S/C18H29N5O/c1-22(2)17-9-16(19-13-20-17)21-15-5-8-24-18(10-15)6-7-23(12-18)11-14-3-4-14/h9,13-15H,3-8,10-12H2,1-2H3,(H,19,20,21)/t15-,18+/m0/s1. The lowest BCUT2D eigenvalue weighted by molar-refractivity contribution is -0.0735. The topological polar surface area (TPSA) is 53.5 Å². The van der Waals surface area contributed by atoms with Crippen LogP contribution in [0.3, 0.4) is 0 Å². The number of nitrogens with one attached hydrogen (secondary N) is 1. The molecule has 132 valence electrons. The van der Waals surface area contributed by atoms with Crippen LogP contribution in [-0.2, 0) is 4.74 Å². The number of anilines is 2. The van der Waals surface area contributed by atoms with Gasteiger partial charge in [0, 0.05) is 52.4 Å². The van der Waals surface area contributed by atoms with E-state index >= 15 is 0 Å². The molecule has 0 unspecified atom stereocenters. The lowest BCUT2D eigenvalue weighted by Crippen LogP contribution is -2.46. The minimum atomic E-state index is 0.0578. The van der Waals surface area contributed by atoms with Crippen LogP contribution in [0, 0.1) is 5.92 Å². The van der Waals surface area contributed by atoms with E-state index in [0.717, 1.165) is 43.5 Å². The van der Waals surface area contributed by atoms with Crippen LogP contribution in [0.4, 0.5) is 11.6 Å². The van der Waals surface area contributed by atoms with Gasteiger partial charge in [0.1, 0.15) is 18.0 Å². The summed E-state index contributed by atoms with van der Waals surface area (Å²) >= 11 is 0. The van der Waals surface area contributed by atoms with Crippen LogP contribution in [0.1, 0.15) is 32.1 Å². The van der Waals surface area contributed by atoms with E-state index in [1.54, 1.807) is 6.33 Å². The van der Waals surface area contributed by atoms with E-state index in [0.29, 0.717) is 6.04 Å². The van der Waals surface area contributed by atoms with Gasteiger partial charge < -0.3 is 19.9 Å². The molecular formula is C18H29N5O. The molecule has 0 bridgehead atoms. The first-order valence-corrected chi connectivity index (χ1v) is 9.24. The molecule has 1 aromatic rings. The summed E-state index contributed by atoms with van der Waals surface area (Å²) in [6, 6.07) is 2.46. The van der Waals surface area contributed by atoms with E-state index in [1.807, 2.05) is 25.1 Å². The highest BCUT2D eigenvalue weighted by atomic mass is 16.5. The van der Waals surface area contributed by atoms with Crippen molar-refractivity contribution in [2.24, 2.45) is 5.92 Å². The number of aromatic nitrogens is 2. The van der Waals surface area contributed by atoms with Crippen molar-refractivity contribution >= 4 is 11.6 Å². The first kappa shape index (κ1) is 16.1. The number of hydrogen-bond acceptors (Lipinski definition) is 6. The van der Waals surface area contributed by atoms with E-state index in [-0.39, 0.29) is 5.60 Å². The Kier molecular flexibility index (Phi) is 4.35. The fourth-order valence-electron chi connectivity index (χ4n) is 4.06. The van der Waals surface area contributed by atoms with Crippen molar-refractivity contribution in [3.63, 3.8) is 0 Å². The molecule has 1 aliphatic carbocycles. The molecule has 0 radical (unpaired) electrons. The highest BCUT2D eigenvalue weighted by molar-refractivity contribution is 5.47. The van der Waals surface area contributed by atoms with E-state index < -0.39 is 0 Å². The van der Waals surface area contributed by atoms with Crippen LogP contribution < -0.4 is 10.2 Å². The van der Waals surface area contributed by atoms with Crippen molar-refractivity contribution in [2.75, 3.05) is 50.6 Å². The van der Waals surface area contributed by atoms with Gasteiger partial charge in [-0.15, -0.1) is 0 Å². The second-order valence-corrected chi connectivity index (χ2v) is 7.95. The summed E-state index contributed by atoms with van der Waals surface area (Å²) in [4.78, 5) is 13.3. The maximum absolute atomic E-state index is 6.27. The Labute approximate surface area is 144 Å². The highest BCUT2D eigenvalue weighted by Gasteiger charge is 2.44. The second kappa shape index (κ2) is 6.48. The summed E-state index contributed by atoms with van der Waals surface area (Å²) in [5.41, 5.74) is 0.0578. The van der Waals surface area contributed by atoms with E-state index in [4.69, 9.17) is 4.74 Å². The summed E-state index contributed by atoms with van der Waals surface area (Å²) in [6.45, 7) is 4.43. The summed E-state index contributed by atoms with van der Waals surface area (Å²) in [5, 5.41) is 3.62. The van der Waals surface area contributed by atoms with Gasteiger partial charge in [-0.2, -0.15) is 0 Å². The molecule has 2 saturated heterocycles. The number of likely N-dealkylation sites (tertiary alicyclic amines) is 1. The number of rotatable bonds is 5. The Morgan fingerprint density at radius 2 is 2.21 bits per heavy atom. The third-order valence-corrected chi connectivity index (χ3v) is 5.56. The van der Waals surface area contributed by atoms with E-state index in [2.05, 4.69) is 20.2 Å². The van der Waals surface area contributed by atoms with Gasteiger partial charge in [0.2, 0.25) is 0 Å². The predicted molar refractivity (Wildman–Crippen MR) is 95.5 cm³/mol. The molecule has 2 aliphatic heterocycles. The Morgan fingerprint density at radius 1 is 1.33 bits per heavy atom. The van der Waals surface area contributed by atoms with Gasteiger partial charge in [-0.05, 0) is 38.0 Å². The van der Waals surface area contributed by atoms with Crippen LogP contribution in [0.5, 0.6) is 0 Å². The molecule has 2 atom stereocenters. The predicted octanol–water partition coefficient (Wildman–Crippen LogP) is 1.99. The van der Waals surface area contributed by atoms with Gasteiger partial charge in [-0.3, -0.25) is 0 Å². The van der Waals surface area contributed by atoms with Gasteiger partial charge in [0.15, 0.2) is 0 Å². The molecule has 1 saturated carbocycles. The third kappa shape index (κ3) is 3.64. The maximum atomic E-state index is 6.27. The monoisotopic (exact) mass is 331 g/mol. The molecule has 0 amide bonds. The average molecular weight is 331 g/mol. The molecule has 3 fully saturated rings. The summed E-state index contributed by atoms with van der Waals surface area (Å²) in [7, 11) is 4.01. The number of ether oxygens (including phenoxy) is 1. The van der Waals surface area contributed by atoms with Crippen LogP contribution >= 0.6 is 0 Å². The molecule has 4 rings (SSSR count). The number of nitrogens with zero attached hydrogens (tertiary/aromatic N) is 4. The fraction of sp³-hybridized carbons (Fsp3) is 0.778. The zero-order chi connectivity index (χ0) is 16.6. The number of hydrogen-bond donors (Lipinski definition) is 1. The molecule has 3 heterocycles. The average Bonchev–Trinajstić information content (AvgIpc) is 3.30. The molecule has 6 heteroatoms. The lowest BCUT2D eigenvalue weighted by Gasteiger charge is -2.38. The van der Waals surface area contributed by atoms with E-state index in [1.165, 1.54) is 32.4 Å². The fourth-order valence-corrected chi connectivity index (χ4v) is 4.06. The zero-order valence-electron chi connectivity index (χ0n) is 14.9. The molecule has 1 N–H and O–H groups in total. The van der Waals surface area contributed by atoms with Gasteiger partial charge in [0.05, 0.1) is 5.60 Å². The molecule has 1 spiro atoms. The minimum absolute atomic E-state index is 0.0578. The first-order chi connectivity index (χ1) is 11.6. The van der Waals surface area contributed by atoms with Crippen molar-refractivity contribution in [1.29, 1.82) is 0 Å². The normalized spacial score (nSPS) is 30.7. The third-order valence-electron chi connectivity index (χ3n) is 5.56. The molecule has 3 aliphatic rings. The molecule has 0 aromatic carbocycles.